The van der Waals surface area contributed by atoms with E-state index in [1.165, 1.54) is 17.5 Å². The van der Waals surface area contributed by atoms with Crippen molar-refractivity contribution in [2.45, 2.75) is 44.6 Å². The molecule has 1 aliphatic carbocycles. The molecule has 0 spiro atoms. The molecule has 1 unspecified atom stereocenters. The Labute approximate surface area is 151 Å². The van der Waals surface area contributed by atoms with E-state index in [1.54, 1.807) is 11.3 Å². The number of hydrogen-bond donors (Lipinski definition) is 1. The van der Waals surface area contributed by atoms with Crippen molar-refractivity contribution in [2.24, 2.45) is 5.92 Å². The molecule has 2 aliphatic rings. The third kappa shape index (κ3) is 3.54. The third-order valence-corrected chi connectivity index (χ3v) is 6.37. The molecular formula is C19H23N3O2S. The van der Waals surface area contributed by atoms with Crippen molar-refractivity contribution < 1.29 is 9.59 Å². The van der Waals surface area contributed by atoms with Gasteiger partial charge in [-0.25, -0.2) is 4.98 Å². The molecule has 2 amide bonds. The van der Waals surface area contributed by atoms with Crippen LogP contribution in [0.1, 0.15) is 37.1 Å². The van der Waals surface area contributed by atoms with Gasteiger partial charge in [0.2, 0.25) is 11.8 Å². The minimum absolute atomic E-state index is 0.00922. The maximum absolute atomic E-state index is 12.4. The SMILES string of the molecule is O=C(NCCc1nc2ccccc2s1)C1CC(=O)N(C2CCCC2)C1. The standard InChI is InChI=1S/C19H23N3O2S/c23-18-11-13(12-22(18)14-5-1-2-6-14)19(24)20-10-9-17-21-15-7-3-4-8-16(15)25-17/h3-4,7-8,13-14H,1-2,5-6,9-12H2,(H,20,24). The second kappa shape index (κ2) is 7.12. The molecule has 0 radical (unpaired) electrons. The largest absolute Gasteiger partial charge is 0.355 e. The fraction of sp³-hybridized carbons (Fsp3) is 0.526. The molecule has 1 saturated heterocycles. The highest BCUT2D eigenvalue weighted by Crippen LogP contribution is 2.29. The van der Waals surface area contributed by atoms with Crippen LogP contribution in [-0.2, 0) is 16.0 Å². The molecule has 1 aromatic carbocycles. The summed E-state index contributed by atoms with van der Waals surface area (Å²) >= 11 is 1.67. The van der Waals surface area contributed by atoms with Crippen molar-refractivity contribution in [3.8, 4) is 0 Å². The van der Waals surface area contributed by atoms with Crippen LogP contribution in [-0.4, -0.2) is 40.8 Å². The maximum atomic E-state index is 12.4. The van der Waals surface area contributed by atoms with Gasteiger partial charge in [0.05, 0.1) is 21.1 Å². The van der Waals surface area contributed by atoms with Crippen LogP contribution < -0.4 is 5.32 Å². The molecule has 1 aromatic heterocycles. The smallest absolute Gasteiger partial charge is 0.225 e. The minimum Gasteiger partial charge on any atom is -0.355 e. The lowest BCUT2D eigenvalue weighted by Gasteiger charge is -2.23. The highest BCUT2D eigenvalue weighted by molar-refractivity contribution is 7.18. The number of benzene rings is 1. The van der Waals surface area contributed by atoms with Crippen molar-refractivity contribution in [1.29, 1.82) is 0 Å². The van der Waals surface area contributed by atoms with Gasteiger partial charge in [-0.15, -0.1) is 11.3 Å². The monoisotopic (exact) mass is 357 g/mol. The van der Waals surface area contributed by atoms with E-state index in [4.69, 9.17) is 0 Å². The van der Waals surface area contributed by atoms with E-state index >= 15 is 0 Å². The van der Waals surface area contributed by atoms with Crippen molar-refractivity contribution in [2.75, 3.05) is 13.1 Å². The van der Waals surface area contributed by atoms with E-state index in [-0.39, 0.29) is 17.7 Å². The van der Waals surface area contributed by atoms with E-state index in [0.29, 0.717) is 25.6 Å². The molecule has 1 N–H and O–H groups in total. The van der Waals surface area contributed by atoms with E-state index in [9.17, 15) is 9.59 Å². The van der Waals surface area contributed by atoms with Crippen LogP contribution in [0, 0.1) is 5.92 Å². The van der Waals surface area contributed by atoms with Crippen LogP contribution in [0.25, 0.3) is 10.2 Å². The predicted octanol–water partition coefficient (Wildman–Crippen LogP) is 2.75. The van der Waals surface area contributed by atoms with E-state index in [2.05, 4.69) is 16.4 Å². The first-order valence-electron chi connectivity index (χ1n) is 9.12. The molecule has 25 heavy (non-hydrogen) atoms. The van der Waals surface area contributed by atoms with Gasteiger partial charge >= 0.3 is 0 Å². The molecule has 5 nitrogen and oxygen atoms in total. The van der Waals surface area contributed by atoms with Gasteiger partial charge in [-0.1, -0.05) is 25.0 Å². The number of thiazole rings is 1. The van der Waals surface area contributed by atoms with Crippen molar-refractivity contribution in [3.63, 3.8) is 0 Å². The average molecular weight is 357 g/mol. The van der Waals surface area contributed by atoms with Gasteiger partial charge in [0.25, 0.3) is 0 Å². The Bertz CT molecular complexity index is 749. The van der Waals surface area contributed by atoms with Crippen molar-refractivity contribution in [1.82, 2.24) is 15.2 Å². The second-order valence-electron chi connectivity index (χ2n) is 7.00. The summed E-state index contributed by atoms with van der Waals surface area (Å²) in [7, 11) is 0. The molecule has 132 valence electrons. The zero-order valence-corrected chi connectivity index (χ0v) is 15.1. The van der Waals surface area contributed by atoms with Crippen LogP contribution in [0.5, 0.6) is 0 Å². The zero-order chi connectivity index (χ0) is 17.2. The number of carbonyl (C=O) groups is 2. The van der Waals surface area contributed by atoms with Crippen molar-refractivity contribution >= 4 is 33.4 Å². The molecule has 1 aliphatic heterocycles. The Morgan fingerprint density at radius 1 is 1.28 bits per heavy atom. The maximum Gasteiger partial charge on any atom is 0.225 e. The number of nitrogens with zero attached hydrogens (tertiary/aromatic N) is 2. The molecule has 0 bridgehead atoms. The van der Waals surface area contributed by atoms with E-state index < -0.39 is 0 Å². The molecule has 2 heterocycles. The van der Waals surface area contributed by atoms with Gasteiger partial charge in [-0.2, -0.15) is 0 Å². The van der Waals surface area contributed by atoms with Gasteiger partial charge < -0.3 is 10.2 Å². The number of likely N-dealkylation sites (tertiary alicyclic amines) is 1. The molecule has 2 aromatic rings. The van der Waals surface area contributed by atoms with Crippen LogP contribution in [0.2, 0.25) is 0 Å². The predicted molar refractivity (Wildman–Crippen MR) is 98.4 cm³/mol. The lowest BCUT2D eigenvalue weighted by Crippen LogP contribution is -2.37. The first kappa shape index (κ1) is 16.5. The van der Waals surface area contributed by atoms with Crippen LogP contribution >= 0.6 is 11.3 Å². The summed E-state index contributed by atoms with van der Waals surface area (Å²) < 4.78 is 1.18. The number of carbonyl (C=O) groups excluding carboxylic acids is 2. The van der Waals surface area contributed by atoms with Crippen LogP contribution in [0.15, 0.2) is 24.3 Å². The summed E-state index contributed by atoms with van der Waals surface area (Å²) in [5.74, 6) is -0.0309. The minimum atomic E-state index is -0.191. The summed E-state index contributed by atoms with van der Waals surface area (Å²) in [5, 5.41) is 4.04. The Hall–Kier alpha value is -1.95. The number of rotatable bonds is 5. The van der Waals surface area contributed by atoms with Gasteiger partial charge in [0.15, 0.2) is 0 Å². The Kier molecular flexibility index (Phi) is 4.70. The summed E-state index contributed by atoms with van der Waals surface area (Å²) in [6.07, 6.45) is 5.69. The molecule has 2 fully saturated rings. The first-order valence-corrected chi connectivity index (χ1v) is 9.94. The lowest BCUT2D eigenvalue weighted by atomic mass is 10.1. The van der Waals surface area contributed by atoms with Crippen LogP contribution in [0.4, 0.5) is 0 Å². The lowest BCUT2D eigenvalue weighted by molar-refractivity contribution is -0.130. The normalized spacial score (nSPS) is 21.4. The van der Waals surface area contributed by atoms with Gasteiger partial charge in [-0.3, -0.25) is 9.59 Å². The summed E-state index contributed by atoms with van der Waals surface area (Å²) in [6.45, 7) is 1.17. The fourth-order valence-electron chi connectivity index (χ4n) is 3.94. The Morgan fingerprint density at radius 2 is 2.08 bits per heavy atom. The first-order chi connectivity index (χ1) is 12.2. The van der Waals surface area contributed by atoms with Gasteiger partial charge in [0, 0.05) is 32.0 Å². The highest BCUT2D eigenvalue weighted by atomic mass is 32.1. The number of amides is 2. The molecule has 6 heteroatoms. The van der Waals surface area contributed by atoms with Crippen LogP contribution in [0.3, 0.4) is 0 Å². The van der Waals surface area contributed by atoms with Crippen molar-refractivity contribution in [3.05, 3.63) is 29.3 Å². The molecular weight excluding hydrogens is 334 g/mol. The number of para-hydroxylation sites is 1. The number of hydrogen-bond acceptors (Lipinski definition) is 4. The van der Waals surface area contributed by atoms with E-state index in [0.717, 1.165) is 29.8 Å². The van der Waals surface area contributed by atoms with Gasteiger partial charge in [0.1, 0.15) is 0 Å². The average Bonchev–Trinajstić information content (AvgIpc) is 3.33. The zero-order valence-electron chi connectivity index (χ0n) is 14.2. The number of aromatic nitrogens is 1. The highest BCUT2D eigenvalue weighted by Gasteiger charge is 2.38. The topological polar surface area (TPSA) is 62.3 Å². The van der Waals surface area contributed by atoms with E-state index in [1.807, 2.05) is 23.1 Å². The second-order valence-corrected chi connectivity index (χ2v) is 8.12. The molecule has 1 atom stereocenters. The number of nitrogens with one attached hydrogen (secondary N) is 1. The molecule has 4 rings (SSSR count). The summed E-state index contributed by atoms with van der Waals surface area (Å²) in [4.78, 5) is 31.2. The van der Waals surface area contributed by atoms with Gasteiger partial charge in [-0.05, 0) is 25.0 Å². The quantitative estimate of drug-likeness (QED) is 0.895. The third-order valence-electron chi connectivity index (χ3n) is 5.27. The Morgan fingerprint density at radius 3 is 2.88 bits per heavy atom. The number of fused-ring (bicyclic) bond motifs is 1. The summed E-state index contributed by atoms with van der Waals surface area (Å²) in [6, 6.07) is 8.44. The fourth-order valence-corrected chi connectivity index (χ4v) is 4.91. The molecule has 1 saturated carbocycles. The summed E-state index contributed by atoms with van der Waals surface area (Å²) in [5.41, 5.74) is 1.02. The Balaban J connectivity index is 1.28.